The van der Waals surface area contributed by atoms with Crippen molar-refractivity contribution < 1.29 is 19.4 Å². The normalized spacial score (nSPS) is 12.0. The van der Waals surface area contributed by atoms with Gasteiger partial charge in [0.05, 0.1) is 18.3 Å². The maximum atomic E-state index is 11.8. The zero-order valence-corrected chi connectivity index (χ0v) is 16.3. The first-order valence-electron chi connectivity index (χ1n) is 8.55. The Kier molecular flexibility index (Phi) is 7.49. The summed E-state index contributed by atoms with van der Waals surface area (Å²) in [6.07, 6.45) is 2.46. The molecule has 1 atom stereocenters. The molecule has 0 saturated carbocycles. The molecular weight excluding hydrogens is 368 g/mol. The van der Waals surface area contributed by atoms with Crippen molar-refractivity contribution in [3.05, 3.63) is 52.5 Å². The van der Waals surface area contributed by atoms with Gasteiger partial charge in [0.15, 0.2) is 18.1 Å². The smallest absolute Gasteiger partial charge is 0.277 e. The van der Waals surface area contributed by atoms with Gasteiger partial charge in [-0.1, -0.05) is 37.6 Å². The number of carbonyl (C=O) groups excluding carboxylic acids is 1. The predicted octanol–water partition coefficient (Wildman–Crippen LogP) is 4.10. The number of methoxy groups -OCH3 is 1. The van der Waals surface area contributed by atoms with Gasteiger partial charge in [0.1, 0.15) is 5.75 Å². The third-order valence-electron chi connectivity index (χ3n) is 4.10. The largest absolute Gasteiger partial charge is 0.503 e. The molecular formula is C20H23ClN2O4. The van der Waals surface area contributed by atoms with Crippen molar-refractivity contribution in [3.63, 3.8) is 0 Å². The maximum absolute atomic E-state index is 11.8. The molecule has 0 aliphatic heterocycles. The highest BCUT2D eigenvalue weighted by Crippen LogP contribution is 2.34. The number of aromatic hydroxyl groups is 1. The van der Waals surface area contributed by atoms with Gasteiger partial charge in [0.2, 0.25) is 0 Å². The average molecular weight is 391 g/mol. The highest BCUT2D eigenvalue weighted by atomic mass is 35.5. The van der Waals surface area contributed by atoms with Crippen LogP contribution in [0.4, 0.5) is 0 Å². The summed E-state index contributed by atoms with van der Waals surface area (Å²) >= 11 is 5.90. The number of halogens is 1. The Balaban J connectivity index is 1.86. The van der Waals surface area contributed by atoms with Crippen LogP contribution in [0, 0.1) is 0 Å². The summed E-state index contributed by atoms with van der Waals surface area (Å²) in [6, 6.07) is 10.8. The Morgan fingerprint density at radius 1 is 1.33 bits per heavy atom. The second kappa shape index (κ2) is 9.83. The van der Waals surface area contributed by atoms with E-state index in [9.17, 15) is 9.90 Å². The van der Waals surface area contributed by atoms with Crippen LogP contribution in [0.5, 0.6) is 17.2 Å². The van der Waals surface area contributed by atoms with Crippen molar-refractivity contribution in [1.82, 2.24) is 5.43 Å². The number of phenols is 1. The number of hydrazone groups is 1. The molecule has 0 radical (unpaired) electrons. The van der Waals surface area contributed by atoms with E-state index in [1.165, 1.54) is 25.0 Å². The molecule has 0 fully saturated rings. The third-order valence-corrected chi connectivity index (χ3v) is 4.39. The van der Waals surface area contributed by atoms with Crippen LogP contribution in [0.25, 0.3) is 0 Å². The molecule has 0 aliphatic rings. The number of benzene rings is 2. The number of hydrogen-bond acceptors (Lipinski definition) is 5. The topological polar surface area (TPSA) is 80.2 Å². The second-order valence-corrected chi connectivity index (χ2v) is 6.42. The third kappa shape index (κ3) is 5.89. The Bertz CT molecular complexity index is 806. The fraction of sp³-hybridized carbons (Fsp3) is 0.300. The number of amides is 1. The zero-order valence-electron chi connectivity index (χ0n) is 15.5. The fourth-order valence-corrected chi connectivity index (χ4v) is 2.53. The molecule has 7 heteroatoms. The van der Waals surface area contributed by atoms with Gasteiger partial charge in [-0.3, -0.25) is 4.79 Å². The van der Waals surface area contributed by atoms with Crippen LogP contribution in [-0.2, 0) is 4.79 Å². The van der Waals surface area contributed by atoms with Crippen molar-refractivity contribution in [1.29, 1.82) is 0 Å². The molecule has 0 heterocycles. The number of hydrogen-bond donors (Lipinski definition) is 2. The van der Waals surface area contributed by atoms with E-state index in [0.29, 0.717) is 17.2 Å². The van der Waals surface area contributed by atoms with Crippen LogP contribution in [0.3, 0.4) is 0 Å². The van der Waals surface area contributed by atoms with E-state index < -0.39 is 5.91 Å². The molecule has 0 saturated heterocycles. The molecule has 2 aromatic carbocycles. The molecule has 1 unspecified atom stereocenters. The molecule has 1 amide bonds. The SMILES string of the molecule is CCC(C)c1ccc(OCC(=O)NN=Cc2cc(Cl)c(O)c(OC)c2)cc1. The minimum absolute atomic E-state index is 0.131. The average Bonchev–Trinajstić information content (AvgIpc) is 2.68. The van der Waals surface area contributed by atoms with E-state index in [1.807, 2.05) is 24.3 Å². The van der Waals surface area contributed by atoms with Gasteiger partial charge < -0.3 is 14.6 Å². The standard InChI is InChI=1S/C20H23ClN2O4/c1-4-13(2)15-5-7-16(8-6-15)27-12-19(24)23-22-11-14-9-17(21)20(25)18(10-14)26-3/h5-11,13,25H,4,12H2,1-3H3,(H,23,24). The number of nitrogens with one attached hydrogen (secondary N) is 1. The second-order valence-electron chi connectivity index (χ2n) is 6.01. The first-order valence-corrected chi connectivity index (χ1v) is 8.93. The van der Waals surface area contributed by atoms with Crippen LogP contribution in [0.2, 0.25) is 5.02 Å². The fourth-order valence-electron chi connectivity index (χ4n) is 2.31. The number of rotatable bonds is 8. The van der Waals surface area contributed by atoms with Gasteiger partial charge in [-0.2, -0.15) is 5.10 Å². The van der Waals surface area contributed by atoms with Crippen LogP contribution < -0.4 is 14.9 Å². The van der Waals surface area contributed by atoms with Gasteiger partial charge in [-0.15, -0.1) is 0 Å². The van der Waals surface area contributed by atoms with Gasteiger partial charge in [0, 0.05) is 0 Å². The van der Waals surface area contributed by atoms with E-state index >= 15 is 0 Å². The lowest BCUT2D eigenvalue weighted by atomic mass is 9.99. The summed E-state index contributed by atoms with van der Waals surface area (Å²) in [6.45, 7) is 4.15. The van der Waals surface area contributed by atoms with Crippen LogP contribution in [0.15, 0.2) is 41.5 Å². The van der Waals surface area contributed by atoms with E-state index in [1.54, 1.807) is 6.07 Å². The van der Waals surface area contributed by atoms with Crippen molar-refractivity contribution in [2.24, 2.45) is 5.10 Å². The number of phenolic OH excluding ortho intramolecular Hbond substituents is 1. The lowest BCUT2D eigenvalue weighted by Crippen LogP contribution is -2.24. The quantitative estimate of drug-likeness (QED) is 0.525. The number of nitrogens with zero attached hydrogens (tertiary/aromatic N) is 1. The van der Waals surface area contributed by atoms with Gasteiger partial charge in [-0.25, -0.2) is 5.43 Å². The monoisotopic (exact) mass is 390 g/mol. The minimum Gasteiger partial charge on any atom is -0.503 e. The minimum atomic E-state index is -0.394. The summed E-state index contributed by atoms with van der Waals surface area (Å²) in [4.78, 5) is 11.8. The van der Waals surface area contributed by atoms with Crippen molar-refractivity contribution in [2.75, 3.05) is 13.7 Å². The molecule has 2 aromatic rings. The summed E-state index contributed by atoms with van der Waals surface area (Å²) in [5, 5.41) is 13.7. The zero-order chi connectivity index (χ0) is 19.8. The van der Waals surface area contributed by atoms with Gasteiger partial charge in [-0.05, 0) is 47.7 Å². The molecule has 144 valence electrons. The van der Waals surface area contributed by atoms with E-state index in [-0.39, 0.29) is 23.1 Å². The Morgan fingerprint density at radius 2 is 2.04 bits per heavy atom. The Labute approximate surface area is 163 Å². The van der Waals surface area contributed by atoms with E-state index in [2.05, 4.69) is 24.4 Å². The van der Waals surface area contributed by atoms with Crippen molar-refractivity contribution in [2.45, 2.75) is 26.2 Å². The highest BCUT2D eigenvalue weighted by molar-refractivity contribution is 6.32. The molecule has 27 heavy (non-hydrogen) atoms. The lowest BCUT2D eigenvalue weighted by molar-refractivity contribution is -0.123. The molecule has 0 spiro atoms. The molecule has 0 bridgehead atoms. The van der Waals surface area contributed by atoms with E-state index in [0.717, 1.165) is 6.42 Å². The lowest BCUT2D eigenvalue weighted by Gasteiger charge is -2.10. The van der Waals surface area contributed by atoms with Crippen LogP contribution in [0.1, 0.15) is 37.3 Å². The molecule has 2 rings (SSSR count). The van der Waals surface area contributed by atoms with Crippen LogP contribution >= 0.6 is 11.6 Å². The first-order chi connectivity index (χ1) is 12.9. The van der Waals surface area contributed by atoms with Crippen molar-refractivity contribution in [3.8, 4) is 17.2 Å². The summed E-state index contributed by atoms with van der Waals surface area (Å²) in [5.74, 6) is 0.793. The molecule has 6 nitrogen and oxygen atoms in total. The van der Waals surface area contributed by atoms with Gasteiger partial charge in [0.25, 0.3) is 5.91 Å². The highest BCUT2D eigenvalue weighted by Gasteiger charge is 2.08. The summed E-state index contributed by atoms with van der Waals surface area (Å²) < 4.78 is 10.5. The number of carbonyl (C=O) groups is 1. The van der Waals surface area contributed by atoms with Crippen molar-refractivity contribution >= 4 is 23.7 Å². The summed E-state index contributed by atoms with van der Waals surface area (Å²) in [5.41, 5.74) is 4.17. The summed E-state index contributed by atoms with van der Waals surface area (Å²) in [7, 11) is 1.42. The Hall–Kier alpha value is -2.73. The van der Waals surface area contributed by atoms with Crippen LogP contribution in [-0.4, -0.2) is 30.9 Å². The Morgan fingerprint density at radius 3 is 2.67 bits per heavy atom. The molecule has 0 aromatic heterocycles. The van der Waals surface area contributed by atoms with Gasteiger partial charge >= 0.3 is 0 Å². The predicted molar refractivity (Wildman–Crippen MR) is 106 cm³/mol. The molecule has 2 N–H and O–H groups in total. The number of ether oxygens (including phenoxy) is 2. The molecule has 0 aliphatic carbocycles. The maximum Gasteiger partial charge on any atom is 0.277 e. The first kappa shape index (κ1) is 20.6. The van der Waals surface area contributed by atoms with E-state index in [4.69, 9.17) is 21.1 Å².